The third kappa shape index (κ3) is 3.96. The number of ether oxygens (including phenoxy) is 1. The molecule has 0 fully saturated rings. The Morgan fingerprint density at radius 2 is 2.05 bits per heavy atom. The lowest BCUT2D eigenvalue weighted by atomic mass is 10.3. The second-order valence-corrected chi connectivity index (χ2v) is 4.62. The van der Waals surface area contributed by atoms with Crippen LogP contribution in [0, 0.1) is 0 Å². The van der Waals surface area contributed by atoms with E-state index in [1.165, 1.54) is 0 Å². The molecule has 2 aromatic rings. The lowest BCUT2D eigenvalue weighted by Crippen LogP contribution is -2.28. The summed E-state index contributed by atoms with van der Waals surface area (Å²) in [5.74, 6) is 0.854. The van der Waals surface area contributed by atoms with Crippen molar-refractivity contribution in [2.45, 2.75) is 13.5 Å². The zero-order valence-electron chi connectivity index (χ0n) is 11.6. The van der Waals surface area contributed by atoms with Crippen molar-refractivity contribution in [3.63, 3.8) is 0 Å². The summed E-state index contributed by atoms with van der Waals surface area (Å²) in [6.07, 6.45) is 1.76. The average Bonchev–Trinajstić information content (AvgIpc) is 2.84. The highest BCUT2D eigenvalue weighted by Crippen LogP contribution is 2.15. The largest absolute Gasteiger partial charge is 0.494 e. The summed E-state index contributed by atoms with van der Waals surface area (Å²) in [4.78, 5) is 0. The Kier molecular flexibility index (Phi) is 4.95. The van der Waals surface area contributed by atoms with Gasteiger partial charge in [0, 0.05) is 18.9 Å². The molecule has 20 heavy (non-hydrogen) atoms. The fraction of sp³-hybridized carbons (Fsp3) is 0.286. The first kappa shape index (κ1) is 14.3. The van der Waals surface area contributed by atoms with E-state index in [4.69, 9.17) is 17.0 Å². The quantitative estimate of drug-likeness (QED) is 0.828. The van der Waals surface area contributed by atoms with E-state index in [1.54, 1.807) is 6.20 Å². The second-order valence-electron chi connectivity index (χ2n) is 4.21. The van der Waals surface area contributed by atoms with Crippen molar-refractivity contribution in [1.29, 1.82) is 0 Å². The molecular formula is C14H18N4OS. The van der Waals surface area contributed by atoms with E-state index in [9.17, 15) is 0 Å². The van der Waals surface area contributed by atoms with Crippen LogP contribution in [0.5, 0.6) is 5.75 Å². The molecule has 2 rings (SSSR count). The molecule has 0 aliphatic heterocycles. The van der Waals surface area contributed by atoms with Gasteiger partial charge in [-0.05, 0) is 49.5 Å². The molecule has 6 heteroatoms. The maximum atomic E-state index is 5.39. The molecule has 0 saturated heterocycles. The van der Waals surface area contributed by atoms with Crippen molar-refractivity contribution in [1.82, 2.24) is 15.1 Å². The summed E-state index contributed by atoms with van der Waals surface area (Å²) in [5.41, 5.74) is 2.00. The zero-order valence-corrected chi connectivity index (χ0v) is 12.4. The maximum Gasteiger partial charge on any atom is 0.171 e. The van der Waals surface area contributed by atoms with E-state index < -0.39 is 0 Å². The minimum Gasteiger partial charge on any atom is -0.494 e. The summed E-state index contributed by atoms with van der Waals surface area (Å²) >= 11 is 5.25. The summed E-state index contributed by atoms with van der Waals surface area (Å²) in [5, 5.41) is 11.0. The standard InChI is InChI=1S/C14H18N4OS/c1-3-19-13-6-4-11(5-7-13)17-14(20)15-10-12-8-9-16-18(12)2/h4-9H,3,10H2,1-2H3,(H2,15,17,20). The number of anilines is 1. The molecule has 0 aliphatic carbocycles. The first-order chi connectivity index (χ1) is 9.69. The summed E-state index contributed by atoms with van der Waals surface area (Å²) in [6, 6.07) is 9.64. The van der Waals surface area contributed by atoms with Crippen LogP contribution in [0.25, 0.3) is 0 Å². The minimum atomic E-state index is 0.579. The monoisotopic (exact) mass is 290 g/mol. The number of nitrogens with zero attached hydrogens (tertiary/aromatic N) is 2. The van der Waals surface area contributed by atoms with Crippen molar-refractivity contribution in [2.75, 3.05) is 11.9 Å². The van der Waals surface area contributed by atoms with Crippen molar-refractivity contribution < 1.29 is 4.74 Å². The Bertz CT molecular complexity index is 565. The molecule has 0 bridgehead atoms. The molecule has 106 valence electrons. The molecular weight excluding hydrogens is 272 g/mol. The normalized spacial score (nSPS) is 10.1. The predicted octanol–water partition coefficient (Wildman–Crippen LogP) is 2.31. The summed E-state index contributed by atoms with van der Waals surface area (Å²) in [6.45, 7) is 3.26. The molecule has 2 N–H and O–H groups in total. The molecule has 0 saturated carbocycles. The Morgan fingerprint density at radius 3 is 2.65 bits per heavy atom. The Morgan fingerprint density at radius 1 is 1.30 bits per heavy atom. The third-order valence-electron chi connectivity index (χ3n) is 2.78. The van der Waals surface area contributed by atoms with Gasteiger partial charge in [-0.15, -0.1) is 0 Å². The van der Waals surface area contributed by atoms with Gasteiger partial charge in [0.1, 0.15) is 5.75 Å². The molecule has 0 amide bonds. The van der Waals surface area contributed by atoms with Gasteiger partial charge in [0.25, 0.3) is 0 Å². The van der Waals surface area contributed by atoms with Crippen molar-refractivity contribution in [3.05, 3.63) is 42.2 Å². The molecule has 0 aliphatic rings. The number of thiocarbonyl (C=S) groups is 1. The molecule has 1 aromatic heterocycles. The van der Waals surface area contributed by atoms with Gasteiger partial charge in [0.15, 0.2) is 5.11 Å². The van der Waals surface area contributed by atoms with Crippen LogP contribution in [0.3, 0.4) is 0 Å². The number of hydrogen-bond acceptors (Lipinski definition) is 3. The van der Waals surface area contributed by atoms with Crippen LogP contribution in [-0.4, -0.2) is 21.5 Å². The van der Waals surface area contributed by atoms with Crippen molar-refractivity contribution in [2.24, 2.45) is 7.05 Å². The Balaban J connectivity index is 1.83. The molecule has 5 nitrogen and oxygen atoms in total. The lowest BCUT2D eigenvalue weighted by molar-refractivity contribution is 0.340. The highest BCUT2D eigenvalue weighted by atomic mass is 32.1. The molecule has 1 aromatic carbocycles. The molecule has 0 radical (unpaired) electrons. The lowest BCUT2D eigenvalue weighted by Gasteiger charge is -2.11. The first-order valence-electron chi connectivity index (χ1n) is 6.43. The van der Waals surface area contributed by atoms with Crippen LogP contribution < -0.4 is 15.4 Å². The number of hydrogen-bond donors (Lipinski definition) is 2. The average molecular weight is 290 g/mol. The van der Waals surface area contributed by atoms with Crippen LogP contribution in [0.2, 0.25) is 0 Å². The highest BCUT2D eigenvalue weighted by molar-refractivity contribution is 7.80. The zero-order chi connectivity index (χ0) is 14.4. The SMILES string of the molecule is CCOc1ccc(NC(=S)NCc2ccnn2C)cc1. The van der Waals surface area contributed by atoms with Crippen molar-refractivity contribution in [3.8, 4) is 5.75 Å². The van der Waals surface area contributed by atoms with E-state index in [-0.39, 0.29) is 0 Å². The van der Waals surface area contributed by atoms with E-state index in [1.807, 2.05) is 49.0 Å². The van der Waals surface area contributed by atoms with Gasteiger partial charge in [0.05, 0.1) is 18.8 Å². The predicted molar refractivity (Wildman–Crippen MR) is 83.9 cm³/mol. The topological polar surface area (TPSA) is 51.1 Å². The van der Waals surface area contributed by atoms with Gasteiger partial charge in [-0.1, -0.05) is 0 Å². The number of rotatable bonds is 5. The highest BCUT2D eigenvalue weighted by Gasteiger charge is 2.01. The van der Waals surface area contributed by atoms with Crippen molar-refractivity contribution >= 4 is 23.0 Å². The van der Waals surface area contributed by atoms with Gasteiger partial charge in [-0.25, -0.2) is 0 Å². The number of benzene rings is 1. The fourth-order valence-corrected chi connectivity index (χ4v) is 1.91. The van der Waals surface area contributed by atoms with Gasteiger partial charge in [-0.2, -0.15) is 5.10 Å². The third-order valence-corrected chi connectivity index (χ3v) is 3.02. The van der Waals surface area contributed by atoms with Crippen LogP contribution in [-0.2, 0) is 13.6 Å². The minimum absolute atomic E-state index is 0.579. The number of aromatic nitrogens is 2. The molecule has 0 unspecified atom stereocenters. The number of aryl methyl sites for hydroxylation is 1. The van der Waals surface area contributed by atoms with Crippen LogP contribution >= 0.6 is 12.2 Å². The first-order valence-corrected chi connectivity index (χ1v) is 6.84. The number of nitrogens with one attached hydrogen (secondary N) is 2. The molecule has 1 heterocycles. The van der Waals surface area contributed by atoms with Crippen LogP contribution in [0.4, 0.5) is 5.69 Å². The van der Waals surface area contributed by atoms with Gasteiger partial charge in [-0.3, -0.25) is 4.68 Å². The van der Waals surface area contributed by atoms with E-state index >= 15 is 0 Å². The summed E-state index contributed by atoms with van der Waals surface area (Å²) in [7, 11) is 1.90. The van der Waals surface area contributed by atoms with Gasteiger partial charge in [0.2, 0.25) is 0 Å². The van der Waals surface area contributed by atoms with E-state index in [0.717, 1.165) is 17.1 Å². The second kappa shape index (κ2) is 6.91. The fourth-order valence-electron chi connectivity index (χ4n) is 1.72. The van der Waals surface area contributed by atoms with Crippen LogP contribution in [0.1, 0.15) is 12.6 Å². The summed E-state index contributed by atoms with van der Waals surface area (Å²) < 4.78 is 7.20. The van der Waals surface area contributed by atoms with Crippen LogP contribution in [0.15, 0.2) is 36.5 Å². The molecule has 0 atom stereocenters. The van der Waals surface area contributed by atoms with Gasteiger partial charge >= 0.3 is 0 Å². The Labute approximate surface area is 123 Å². The van der Waals surface area contributed by atoms with E-state index in [0.29, 0.717) is 18.3 Å². The maximum absolute atomic E-state index is 5.39. The van der Waals surface area contributed by atoms with E-state index in [2.05, 4.69) is 15.7 Å². The Hall–Kier alpha value is -2.08. The molecule has 0 spiro atoms. The smallest absolute Gasteiger partial charge is 0.171 e. The van der Waals surface area contributed by atoms with Gasteiger partial charge < -0.3 is 15.4 Å².